The monoisotopic (exact) mass is 318 g/mol. The van der Waals surface area contributed by atoms with Crippen LogP contribution in [0.25, 0.3) is 0 Å². The van der Waals surface area contributed by atoms with Gasteiger partial charge >= 0.3 is 0 Å². The first-order valence-corrected chi connectivity index (χ1v) is 6.46. The lowest BCUT2D eigenvalue weighted by molar-refractivity contribution is 0.459. The third-order valence-electron chi connectivity index (χ3n) is 2.22. The molecular weight excluding hydrogens is 308 g/mol. The lowest BCUT2D eigenvalue weighted by Gasteiger charge is -2.08. The molecule has 0 bridgehead atoms. The van der Waals surface area contributed by atoms with Crippen LogP contribution >= 0.6 is 15.9 Å². The van der Waals surface area contributed by atoms with Crippen LogP contribution in [-0.2, 0) is 0 Å². The fourth-order valence-electron chi connectivity index (χ4n) is 1.41. The van der Waals surface area contributed by atoms with Gasteiger partial charge in [0.25, 0.3) is 0 Å². The summed E-state index contributed by atoms with van der Waals surface area (Å²) in [7, 11) is 0. The molecule has 0 atom stereocenters. The minimum absolute atomic E-state index is 0.404. The van der Waals surface area contributed by atoms with Crippen LogP contribution < -0.4 is 10.1 Å². The number of hydrogen-bond acceptors (Lipinski definition) is 5. The van der Waals surface area contributed by atoms with E-state index in [0.29, 0.717) is 27.6 Å². The number of rotatable bonds is 4. The number of nitrogens with zero attached hydrogens (tertiary/aromatic N) is 3. The molecule has 1 heterocycles. The molecule has 0 saturated heterocycles. The molecule has 6 heteroatoms. The zero-order chi connectivity index (χ0) is 13.7. The first kappa shape index (κ1) is 13.3. The first-order valence-electron chi connectivity index (χ1n) is 5.67. The second-order valence-corrected chi connectivity index (χ2v) is 4.47. The van der Waals surface area contributed by atoms with E-state index < -0.39 is 0 Å². The number of nitriles is 1. The van der Waals surface area contributed by atoms with Crippen molar-refractivity contribution >= 4 is 21.9 Å². The Morgan fingerprint density at radius 1 is 1.47 bits per heavy atom. The van der Waals surface area contributed by atoms with E-state index in [1.165, 1.54) is 0 Å². The molecule has 0 spiro atoms. The number of anilines is 1. The summed E-state index contributed by atoms with van der Waals surface area (Å²) < 4.78 is 6.30. The molecule has 2 aromatic rings. The van der Waals surface area contributed by atoms with Gasteiger partial charge in [-0.2, -0.15) is 10.2 Å². The van der Waals surface area contributed by atoms with Gasteiger partial charge in [0.15, 0.2) is 0 Å². The largest absolute Gasteiger partial charge is 0.438 e. The first-order chi connectivity index (χ1) is 9.22. The highest BCUT2D eigenvalue weighted by atomic mass is 79.9. The molecule has 96 valence electrons. The minimum Gasteiger partial charge on any atom is -0.438 e. The Bertz CT molecular complexity index is 624. The van der Waals surface area contributed by atoms with Crippen molar-refractivity contribution in [1.29, 1.82) is 5.26 Å². The van der Waals surface area contributed by atoms with Gasteiger partial charge in [-0.1, -0.05) is 6.07 Å². The van der Waals surface area contributed by atoms with E-state index in [0.717, 1.165) is 6.54 Å². The molecule has 0 aliphatic carbocycles. The Morgan fingerprint density at radius 2 is 2.32 bits per heavy atom. The summed E-state index contributed by atoms with van der Waals surface area (Å²) in [6.45, 7) is 2.69. The van der Waals surface area contributed by atoms with Crippen molar-refractivity contribution in [3.8, 4) is 17.7 Å². The fourth-order valence-corrected chi connectivity index (χ4v) is 1.68. The second-order valence-electron chi connectivity index (χ2n) is 3.62. The maximum Gasteiger partial charge on any atom is 0.238 e. The van der Waals surface area contributed by atoms with Gasteiger partial charge in [-0.3, -0.25) is 0 Å². The number of aromatic nitrogens is 2. The van der Waals surface area contributed by atoms with Gasteiger partial charge in [-0.25, -0.2) is 4.98 Å². The molecule has 0 fully saturated rings. The number of ether oxygens (including phenoxy) is 1. The summed E-state index contributed by atoms with van der Waals surface area (Å²) in [5, 5.41) is 11.9. The van der Waals surface area contributed by atoms with E-state index in [9.17, 15) is 0 Å². The zero-order valence-electron chi connectivity index (χ0n) is 10.2. The van der Waals surface area contributed by atoms with Gasteiger partial charge in [0, 0.05) is 6.54 Å². The van der Waals surface area contributed by atoms with Crippen LogP contribution in [0.4, 0.5) is 5.95 Å². The molecule has 0 amide bonds. The molecule has 1 aromatic carbocycles. The molecule has 1 N–H and O–H groups in total. The summed E-state index contributed by atoms with van der Waals surface area (Å²) in [5.74, 6) is 1.46. The van der Waals surface area contributed by atoms with Crippen LogP contribution in [0.3, 0.4) is 0 Å². The predicted octanol–water partition coefficient (Wildman–Crippen LogP) is 3.33. The van der Waals surface area contributed by atoms with Crippen LogP contribution in [0, 0.1) is 11.3 Å². The zero-order valence-corrected chi connectivity index (χ0v) is 11.8. The highest BCUT2D eigenvalue weighted by Gasteiger charge is 2.07. The van der Waals surface area contributed by atoms with Crippen LogP contribution in [0.2, 0.25) is 0 Å². The van der Waals surface area contributed by atoms with Crippen LogP contribution in [0.15, 0.2) is 34.9 Å². The minimum atomic E-state index is 0.404. The van der Waals surface area contributed by atoms with Crippen molar-refractivity contribution in [1.82, 2.24) is 9.97 Å². The molecule has 5 nitrogen and oxygen atoms in total. The molecule has 0 radical (unpaired) electrons. The Kier molecular flexibility index (Phi) is 4.31. The molecule has 1 aromatic heterocycles. The third-order valence-corrected chi connectivity index (χ3v) is 2.77. The van der Waals surface area contributed by atoms with Gasteiger partial charge in [0.1, 0.15) is 5.75 Å². The quantitative estimate of drug-likeness (QED) is 0.936. The average molecular weight is 319 g/mol. The Labute approximate surface area is 119 Å². The summed E-state index contributed by atoms with van der Waals surface area (Å²) in [4.78, 5) is 8.34. The Morgan fingerprint density at radius 3 is 3.05 bits per heavy atom. The van der Waals surface area contributed by atoms with Gasteiger partial charge in [0.05, 0.1) is 22.3 Å². The maximum absolute atomic E-state index is 8.85. The predicted molar refractivity (Wildman–Crippen MR) is 75.1 cm³/mol. The molecule has 0 unspecified atom stereocenters. The second kappa shape index (κ2) is 6.16. The lowest BCUT2D eigenvalue weighted by atomic mass is 10.2. The van der Waals surface area contributed by atoms with Crippen LogP contribution in [0.5, 0.6) is 11.6 Å². The smallest absolute Gasteiger partial charge is 0.238 e. The van der Waals surface area contributed by atoms with E-state index in [1.54, 1.807) is 30.5 Å². The van der Waals surface area contributed by atoms with Crippen molar-refractivity contribution in [2.75, 3.05) is 11.9 Å². The highest BCUT2D eigenvalue weighted by Crippen LogP contribution is 2.28. The lowest BCUT2D eigenvalue weighted by Crippen LogP contribution is -2.03. The third kappa shape index (κ3) is 3.42. The van der Waals surface area contributed by atoms with E-state index in [4.69, 9.17) is 10.00 Å². The average Bonchev–Trinajstić information content (AvgIpc) is 2.43. The molecule has 0 aliphatic rings. The maximum atomic E-state index is 8.85. The summed E-state index contributed by atoms with van der Waals surface area (Å²) in [6, 6.07) is 8.96. The van der Waals surface area contributed by atoms with E-state index in [2.05, 4.69) is 37.3 Å². The van der Waals surface area contributed by atoms with Crippen molar-refractivity contribution < 1.29 is 4.74 Å². The number of hydrogen-bond donors (Lipinski definition) is 1. The van der Waals surface area contributed by atoms with Gasteiger partial charge < -0.3 is 10.1 Å². The molecule has 0 aliphatic heterocycles. The Balaban J connectivity index is 2.26. The van der Waals surface area contributed by atoms with E-state index in [-0.39, 0.29) is 0 Å². The molecule has 0 saturated carbocycles. The van der Waals surface area contributed by atoms with Gasteiger partial charge in [-0.05, 0) is 41.1 Å². The summed E-state index contributed by atoms with van der Waals surface area (Å²) in [6.07, 6.45) is 1.62. The van der Waals surface area contributed by atoms with E-state index >= 15 is 0 Å². The van der Waals surface area contributed by atoms with Crippen molar-refractivity contribution in [3.05, 3.63) is 40.5 Å². The SMILES string of the molecule is CCNc1ncc(Br)c(Oc2cccc(C#N)c2)n1. The fraction of sp³-hybridized carbons (Fsp3) is 0.154. The van der Waals surface area contributed by atoms with Gasteiger partial charge in [0.2, 0.25) is 11.8 Å². The highest BCUT2D eigenvalue weighted by molar-refractivity contribution is 9.10. The topological polar surface area (TPSA) is 70.8 Å². The number of nitrogens with one attached hydrogen (secondary N) is 1. The van der Waals surface area contributed by atoms with Crippen LogP contribution in [0.1, 0.15) is 12.5 Å². The van der Waals surface area contributed by atoms with Crippen LogP contribution in [-0.4, -0.2) is 16.5 Å². The molecular formula is C13H11BrN4O. The van der Waals surface area contributed by atoms with Gasteiger partial charge in [-0.15, -0.1) is 0 Å². The summed E-state index contributed by atoms with van der Waals surface area (Å²) in [5.41, 5.74) is 0.537. The number of halogens is 1. The van der Waals surface area contributed by atoms with E-state index in [1.807, 2.05) is 6.92 Å². The molecule has 19 heavy (non-hydrogen) atoms. The van der Waals surface area contributed by atoms with Crippen molar-refractivity contribution in [3.63, 3.8) is 0 Å². The molecule has 2 rings (SSSR count). The van der Waals surface area contributed by atoms with Crippen molar-refractivity contribution in [2.45, 2.75) is 6.92 Å². The van der Waals surface area contributed by atoms with Crippen molar-refractivity contribution in [2.24, 2.45) is 0 Å². The number of benzene rings is 1. The standard InChI is InChI=1S/C13H11BrN4O/c1-2-16-13-17-8-11(14)12(18-13)19-10-5-3-4-9(6-10)7-15/h3-6,8H,2H2,1H3,(H,16,17,18). The summed E-state index contributed by atoms with van der Waals surface area (Å²) >= 11 is 3.33. The normalized spacial score (nSPS) is 9.74. The Hall–Kier alpha value is -2.13.